The predicted molar refractivity (Wildman–Crippen MR) is 157 cm³/mol. The number of ether oxygens (including phenoxy) is 1. The fourth-order valence-corrected chi connectivity index (χ4v) is 6.13. The van der Waals surface area contributed by atoms with E-state index in [0.29, 0.717) is 39.1 Å². The summed E-state index contributed by atoms with van der Waals surface area (Å²) >= 11 is 0. The number of H-pyrrole nitrogens is 1. The predicted octanol–water partition coefficient (Wildman–Crippen LogP) is 4.03. The minimum atomic E-state index is -0.677. The number of nitrogens with two attached hydrogens (primary N) is 1. The van der Waals surface area contributed by atoms with Crippen LogP contribution in [-0.2, 0) is 27.2 Å². The largest absolute Gasteiger partial charge is 0.399 e. The molecule has 210 valence electrons. The Bertz CT molecular complexity index is 1470. The Morgan fingerprint density at radius 3 is 2.29 bits per heavy atom. The Balaban J connectivity index is 1.48. The molecule has 41 heavy (non-hydrogen) atoms. The highest BCUT2D eigenvalue weighted by molar-refractivity contribution is 5.93. The monoisotopic (exact) mass is 549 g/mol. The number of hydrogen-bond acceptors (Lipinski definition) is 5. The number of nitrogens with zero attached hydrogens (tertiary/aromatic N) is 3. The van der Waals surface area contributed by atoms with E-state index in [9.17, 15) is 4.79 Å². The number of aromatic amines is 1. The van der Waals surface area contributed by atoms with Crippen LogP contribution in [0.4, 0.5) is 5.69 Å². The molecule has 2 atom stereocenters. The first-order chi connectivity index (χ1) is 20.0. The number of hydrogen-bond donors (Lipinski definition) is 2. The molecule has 3 heterocycles. The topological polar surface area (TPSA) is 105 Å². The van der Waals surface area contributed by atoms with E-state index in [1.54, 1.807) is 6.33 Å². The van der Waals surface area contributed by atoms with Crippen LogP contribution in [0.1, 0.15) is 45.6 Å². The lowest BCUT2D eigenvalue weighted by Crippen LogP contribution is -2.58. The molecule has 0 radical (unpaired) electrons. The first-order valence-electron chi connectivity index (χ1n) is 14.2. The Morgan fingerprint density at radius 2 is 1.66 bits per heavy atom. The smallest absolute Gasteiger partial charge is 0.245 e. The van der Waals surface area contributed by atoms with Crippen molar-refractivity contribution in [1.82, 2.24) is 19.8 Å². The van der Waals surface area contributed by atoms with Crippen LogP contribution in [0, 0.1) is 6.92 Å². The molecule has 8 nitrogen and oxygen atoms in total. The molecular formula is C33H35N5O3. The van der Waals surface area contributed by atoms with Crippen LogP contribution in [0.5, 0.6) is 0 Å². The van der Waals surface area contributed by atoms with Crippen molar-refractivity contribution < 1.29 is 14.3 Å². The van der Waals surface area contributed by atoms with E-state index >= 15 is 4.79 Å². The zero-order valence-electron chi connectivity index (χ0n) is 23.2. The van der Waals surface area contributed by atoms with E-state index in [4.69, 9.17) is 15.5 Å². The standard InChI is InChI=1S/C33H35N5O3/c1-22-18-23(12-13-26(22)34)19-28-31-27(35-21-36-31)20-29(32(39)37-14-16-41-17-15-37)38(28)33(40)30(24-8-4-2-5-9-24)25-10-6-3-7-11-25/h2-13,18,21,28-30H,14-17,19-20,34H2,1H3,(H,35,36)/t28-,29?/m0/s1. The molecule has 0 bridgehead atoms. The Morgan fingerprint density at radius 1 is 1.00 bits per heavy atom. The third kappa shape index (κ3) is 5.35. The number of carbonyl (C=O) groups is 2. The molecular weight excluding hydrogens is 514 g/mol. The summed E-state index contributed by atoms with van der Waals surface area (Å²) in [5.74, 6) is -0.742. The summed E-state index contributed by atoms with van der Waals surface area (Å²) in [5, 5.41) is 0. The maximum absolute atomic E-state index is 15.0. The van der Waals surface area contributed by atoms with Gasteiger partial charge in [-0.2, -0.15) is 0 Å². The molecule has 0 aliphatic carbocycles. The number of rotatable bonds is 6. The van der Waals surface area contributed by atoms with Gasteiger partial charge in [0.1, 0.15) is 6.04 Å². The summed E-state index contributed by atoms with van der Waals surface area (Å²) in [4.78, 5) is 40.9. The normalized spacial score (nSPS) is 18.8. The first-order valence-corrected chi connectivity index (χ1v) is 14.2. The van der Waals surface area contributed by atoms with Gasteiger partial charge in [0.05, 0.1) is 37.2 Å². The van der Waals surface area contributed by atoms with Crippen LogP contribution >= 0.6 is 0 Å². The number of nitrogens with one attached hydrogen (secondary N) is 1. The van der Waals surface area contributed by atoms with Gasteiger partial charge in [-0.1, -0.05) is 72.8 Å². The minimum Gasteiger partial charge on any atom is -0.399 e. The fraction of sp³-hybridized carbons (Fsp3) is 0.303. The van der Waals surface area contributed by atoms with E-state index in [1.807, 2.05) is 89.5 Å². The van der Waals surface area contributed by atoms with E-state index in [0.717, 1.165) is 39.3 Å². The highest BCUT2D eigenvalue weighted by atomic mass is 16.5. The van der Waals surface area contributed by atoms with Gasteiger partial charge in [-0.05, 0) is 41.7 Å². The molecule has 3 aromatic carbocycles. The van der Waals surface area contributed by atoms with Crippen molar-refractivity contribution in [3.8, 4) is 0 Å². The highest BCUT2D eigenvalue weighted by Crippen LogP contribution is 2.39. The molecule has 6 rings (SSSR count). The highest BCUT2D eigenvalue weighted by Gasteiger charge is 2.46. The van der Waals surface area contributed by atoms with Crippen LogP contribution in [0.2, 0.25) is 0 Å². The number of amides is 2. The lowest BCUT2D eigenvalue weighted by Gasteiger charge is -2.44. The molecule has 3 N–H and O–H groups in total. The summed E-state index contributed by atoms with van der Waals surface area (Å²) < 4.78 is 5.53. The molecule has 1 aromatic heterocycles. The molecule has 2 amide bonds. The lowest BCUT2D eigenvalue weighted by atomic mass is 9.85. The molecule has 1 unspecified atom stereocenters. The van der Waals surface area contributed by atoms with Gasteiger partial charge in [0.2, 0.25) is 11.8 Å². The summed E-state index contributed by atoms with van der Waals surface area (Å²) in [6, 6.07) is 24.5. The first kappa shape index (κ1) is 26.8. The summed E-state index contributed by atoms with van der Waals surface area (Å²) in [7, 11) is 0. The maximum atomic E-state index is 15.0. The van der Waals surface area contributed by atoms with E-state index in [-0.39, 0.29) is 11.8 Å². The van der Waals surface area contributed by atoms with Gasteiger partial charge in [-0.25, -0.2) is 4.98 Å². The number of fused-ring (bicyclic) bond motifs is 1. The number of imidazole rings is 1. The van der Waals surface area contributed by atoms with E-state index < -0.39 is 18.0 Å². The molecule has 0 saturated carbocycles. The molecule has 1 saturated heterocycles. The minimum absolute atomic E-state index is 0.0553. The van der Waals surface area contributed by atoms with Crippen LogP contribution in [-0.4, -0.2) is 63.9 Å². The quantitative estimate of drug-likeness (QED) is 0.354. The number of aryl methyl sites for hydroxylation is 1. The van der Waals surface area contributed by atoms with Gasteiger partial charge < -0.3 is 25.3 Å². The number of carbonyl (C=O) groups excluding carboxylic acids is 2. The van der Waals surface area contributed by atoms with E-state index in [1.165, 1.54) is 0 Å². The van der Waals surface area contributed by atoms with Gasteiger partial charge in [-0.3, -0.25) is 9.59 Å². The van der Waals surface area contributed by atoms with Crippen molar-refractivity contribution in [2.45, 2.75) is 37.8 Å². The average Bonchev–Trinajstić information content (AvgIpc) is 3.49. The third-order valence-corrected chi connectivity index (χ3v) is 8.27. The van der Waals surface area contributed by atoms with Gasteiger partial charge in [-0.15, -0.1) is 0 Å². The van der Waals surface area contributed by atoms with Gasteiger partial charge in [0.15, 0.2) is 0 Å². The van der Waals surface area contributed by atoms with Crippen LogP contribution in [0.25, 0.3) is 0 Å². The van der Waals surface area contributed by atoms with Crippen LogP contribution in [0.3, 0.4) is 0 Å². The van der Waals surface area contributed by atoms with Crippen LogP contribution < -0.4 is 5.73 Å². The second kappa shape index (κ2) is 11.6. The molecule has 4 aromatic rings. The molecule has 2 aliphatic heterocycles. The molecule has 0 spiro atoms. The van der Waals surface area contributed by atoms with Crippen molar-refractivity contribution >= 4 is 17.5 Å². The average molecular weight is 550 g/mol. The Labute approximate surface area is 240 Å². The summed E-state index contributed by atoms with van der Waals surface area (Å²) in [6.07, 6.45) is 2.56. The zero-order chi connectivity index (χ0) is 28.3. The van der Waals surface area contributed by atoms with Crippen molar-refractivity contribution in [2.75, 3.05) is 32.0 Å². The third-order valence-electron chi connectivity index (χ3n) is 8.27. The number of nitrogen functional groups attached to an aromatic ring is 1. The fourth-order valence-electron chi connectivity index (χ4n) is 6.13. The molecule has 2 aliphatic rings. The van der Waals surface area contributed by atoms with Crippen LogP contribution in [0.15, 0.2) is 85.2 Å². The Hall–Kier alpha value is -4.43. The number of aromatic nitrogens is 2. The molecule has 1 fully saturated rings. The van der Waals surface area contributed by atoms with Crippen molar-refractivity contribution in [3.05, 3.63) is 119 Å². The number of morpholine rings is 1. The zero-order valence-corrected chi connectivity index (χ0v) is 23.2. The SMILES string of the molecule is Cc1cc(C[C@H]2c3nc[nH]c3CC(C(=O)N3CCOCC3)N2C(=O)C(c2ccccc2)c2ccccc2)ccc1N. The van der Waals surface area contributed by atoms with Gasteiger partial charge in [0, 0.05) is 30.9 Å². The summed E-state index contributed by atoms with van der Waals surface area (Å²) in [6.45, 7) is 3.98. The molecule has 8 heteroatoms. The van der Waals surface area contributed by atoms with Crippen molar-refractivity contribution in [1.29, 1.82) is 0 Å². The Kier molecular flexibility index (Phi) is 7.57. The second-order valence-electron chi connectivity index (χ2n) is 10.8. The summed E-state index contributed by atoms with van der Waals surface area (Å²) in [5.41, 5.74) is 12.3. The van der Waals surface area contributed by atoms with Crippen molar-refractivity contribution in [3.63, 3.8) is 0 Å². The number of benzene rings is 3. The number of anilines is 1. The second-order valence-corrected chi connectivity index (χ2v) is 10.8. The van der Waals surface area contributed by atoms with Gasteiger partial charge >= 0.3 is 0 Å². The van der Waals surface area contributed by atoms with Gasteiger partial charge in [0.25, 0.3) is 0 Å². The maximum Gasteiger partial charge on any atom is 0.245 e. The van der Waals surface area contributed by atoms with E-state index in [2.05, 4.69) is 11.1 Å². The lowest BCUT2D eigenvalue weighted by molar-refractivity contribution is -0.152. The van der Waals surface area contributed by atoms with Crippen molar-refractivity contribution in [2.24, 2.45) is 0 Å².